The van der Waals surface area contributed by atoms with Crippen molar-refractivity contribution in [2.24, 2.45) is 0 Å². The van der Waals surface area contributed by atoms with Gasteiger partial charge in [0, 0.05) is 38.9 Å². The average Bonchev–Trinajstić information content (AvgIpc) is 2.97. The van der Waals surface area contributed by atoms with Gasteiger partial charge in [-0.1, -0.05) is 12.1 Å². The number of anilines is 1. The number of piperazine rings is 1. The highest BCUT2D eigenvalue weighted by Crippen LogP contribution is 2.27. The van der Waals surface area contributed by atoms with Gasteiger partial charge in [0.1, 0.15) is 5.75 Å². The summed E-state index contributed by atoms with van der Waals surface area (Å²) in [6.07, 6.45) is 2.83. The number of nitrogens with zero attached hydrogens (tertiary/aromatic N) is 4. The molecule has 2 aromatic rings. The first-order valence-electron chi connectivity index (χ1n) is 8.68. The minimum atomic E-state index is -0.321. The van der Waals surface area contributed by atoms with Crippen LogP contribution in [-0.2, 0) is 6.54 Å². The molecule has 0 N–H and O–H groups in total. The monoisotopic (exact) mass is 356 g/mol. The van der Waals surface area contributed by atoms with Gasteiger partial charge in [0.25, 0.3) is 0 Å². The Labute approximate surface area is 151 Å². The fraction of sp³-hybridized carbons (Fsp3) is 0.368. The molecule has 0 saturated carbocycles. The molecule has 0 radical (unpaired) electrons. The standard InChI is InChI=1S/C19H21FN4O2/c1-26-16-4-2-3-14(9-16)11-23-13-15-12-22(7-8-24(15)19(23)25)18-5-6-21-10-17(18)20/h2-6,9-10,15H,7-8,11-13H2,1H3/t15-/m1/s1. The molecule has 1 aromatic heterocycles. The zero-order chi connectivity index (χ0) is 18.1. The van der Waals surface area contributed by atoms with Crippen LogP contribution in [0.1, 0.15) is 5.56 Å². The Morgan fingerprint density at radius 3 is 2.96 bits per heavy atom. The Bertz CT molecular complexity index is 816. The first kappa shape index (κ1) is 16.6. The predicted octanol–water partition coefficient (Wildman–Crippen LogP) is 2.36. The third-order valence-electron chi connectivity index (χ3n) is 5.03. The van der Waals surface area contributed by atoms with E-state index in [0.29, 0.717) is 38.4 Å². The number of ether oxygens (including phenoxy) is 1. The minimum Gasteiger partial charge on any atom is -0.497 e. The number of benzene rings is 1. The highest BCUT2D eigenvalue weighted by Gasteiger charge is 2.40. The Kier molecular flexibility index (Phi) is 4.36. The van der Waals surface area contributed by atoms with Gasteiger partial charge in [-0.2, -0.15) is 0 Å². The van der Waals surface area contributed by atoms with Gasteiger partial charge in [-0.15, -0.1) is 0 Å². The molecule has 6 nitrogen and oxygen atoms in total. The van der Waals surface area contributed by atoms with Gasteiger partial charge >= 0.3 is 6.03 Å². The summed E-state index contributed by atoms with van der Waals surface area (Å²) in [7, 11) is 1.63. The predicted molar refractivity (Wildman–Crippen MR) is 95.7 cm³/mol. The summed E-state index contributed by atoms with van der Waals surface area (Å²) in [6.45, 7) is 3.03. The van der Waals surface area contributed by atoms with E-state index in [2.05, 4.69) is 4.98 Å². The van der Waals surface area contributed by atoms with Crippen molar-refractivity contribution in [2.45, 2.75) is 12.6 Å². The van der Waals surface area contributed by atoms with Gasteiger partial charge in [0.2, 0.25) is 0 Å². The summed E-state index contributed by atoms with van der Waals surface area (Å²) in [5.41, 5.74) is 1.59. The van der Waals surface area contributed by atoms with Crippen molar-refractivity contribution in [2.75, 3.05) is 38.2 Å². The van der Waals surface area contributed by atoms with Crippen molar-refractivity contribution >= 4 is 11.7 Å². The molecule has 0 spiro atoms. The maximum absolute atomic E-state index is 14.0. The highest BCUT2D eigenvalue weighted by molar-refractivity contribution is 5.78. The van der Waals surface area contributed by atoms with Crippen molar-refractivity contribution in [1.29, 1.82) is 0 Å². The lowest BCUT2D eigenvalue weighted by Crippen LogP contribution is -2.52. The molecule has 2 aliphatic rings. The highest BCUT2D eigenvalue weighted by atomic mass is 19.1. The molecule has 7 heteroatoms. The zero-order valence-corrected chi connectivity index (χ0v) is 14.6. The Morgan fingerprint density at radius 1 is 1.27 bits per heavy atom. The van der Waals surface area contributed by atoms with Crippen molar-refractivity contribution in [1.82, 2.24) is 14.8 Å². The number of aromatic nitrogens is 1. The quantitative estimate of drug-likeness (QED) is 0.844. The van der Waals surface area contributed by atoms with E-state index in [-0.39, 0.29) is 17.9 Å². The summed E-state index contributed by atoms with van der Waals surface area (Å²) >= 11 is 0. The normalized spacial score (nSPS) is 19.7. The van der Waals surface area contributed by atoms with Crippen LogP contribution in [0.4, 0.5) is 14.9 Å². The Balaban J connectivity index is 1.46. The average molecular weight is 356 g/mol. The van der Waals surface area contributed by atoms with E-state index in [1.165, 1.54) is 6.20 Å². The first-order chi connectivity index (χ1) is 12.7. The first-order valence-corrected chi connectivity index (χ1v) is 8.68. The third-order valence-corrected chi connectivity index (χ3v) is 5.03. The molecule has 2 aliphatic heterocycles. The van der Waals surface area contributed by atoms with E-state index in [4.69, 9.17) is 4.74 Å². The summed E-state index contributed by atoms with van der Waals surface area (Å²) < 4.78 is 19.3. The molecule has 3 heterocycles. The molecule has 26 heavy (non-hydrogen) atoms. The van der Waals surface area contributed by atoms with Crippen LogP contribution >= 0.6 is 0 Å². The minimum absolute atomic E-state index is 0.0488. The molecular weight excluding hydrogens is 335 g/mol. The molecule has 0 unspecified atom stereocenters. The number of hydrogen-bond donors (Lipinski definition) is 0. The van der Waals surface area contributed by atoms with E-state index >= 15 is 0 Å². The molecule has 1 atom stereocenters. The van der Waals surface area contributed by atoms with Gasteiger partial charge in [0.15, 0.2) is 5.82 Å². The summed E-state index contributed by atoms with van der Waals surface area (Å²) in [4.78, 5) is 22.3. The Hall–Kier alpha value is -2.83. The number of hydrogen-bond acceptors (Lipinski definition) is 4. The fourth-order valence-corrected chi connectivity index (χ4v) is 3.74. The van der Waals surface area contributed by atoms with Crippen LogP contribution in [0.3, 0.4) is 0 Å². The number of rotatable bonds is 4. The molecule has 0 aliphatic carbocycles. The van der Waals surface area contributed by atoms with Crippen LogP contribution in [0.2, 0.25) is 0 Å². The molecule has 4 rings (SSSR count). The molecule has 2 saturated heterocycles. The van der Waals surface area contributed by atoms with Crippen LogP contribution < -0.4 is 9.64 Å². The van der Waals surface area contributed by atoms with Gasteiger partial charge in [-0.3, -0.25) is 4.98 Å². The van der Waals surface area contributed by atoms with E-state index in [1.54, 1.807) is 19.4 Å². The molecule has 136 valence electrons. The van der Waals surface area contributed by atoms with Crippen LogP contribution in [0.5, 0.6) is 5.75 Å². The fourth-order valence-electron chi connectivity index (χ4n) is 3.74. The largest absolute Gasteiger partial charge is 0.497 e. The molecule has 1 aromatic carbocycles. The second kappa shape index (κ2) is 6.82. The molecule has 2 amide bonds. The number of urea groups is 1. The second-order valence-corrected chi connectivity index (χ2v) is 6.63. The zero-order valence-electron chi connectivity index (χ0n) is 14.6. The van der Waals surface area contributed by atoms with Gasteiger partial charge in [-0.25, -0.2) is 9.18 Å². The van der Waals surface area contributed by atoms with Gasteiger partial charge in [0.05, 0.1) is 25.0 Å². The lowest BCUT2D eigenvalue weighted by molar-refractivity contribution is 0.181. The van der Waals surface area contributed by atoms with Crippen molar-refractivity contribution < 1.29 is 13.9 Å². The van der Waals surface area contributed by atoms with Crippen molar-refractivity contribution in [3.8, 4) is 5.75 Å². The molecule has 0 bridgehead atoms. The van der Waals surface area contributed by atoms with E-state index in [1.807, 2.05) is 39.0 Å². The summed E-state index contributed by atoms with van der Waals surface area (Å²) in [5.74, 6) is 0.463. The maximum atomic E-state index is 14.0. The number of amides is 2. The number of halogens is 1. The number of carbonyl (C=O) groups is 1. The summed E-state index contributed by atoms with van der Waals surface area (Å²) in [6, 6.07) is 9.56. The van der Waals surface area contributed by atoms with Crippen molar-refractivity contribution in [3.63, 3.8) is 0 Å². The molecule has 2 fully saturated rings. The number of methoxy groups -OCH3 is 1. The van der Waals surface area contributed by atoms with Crippen LogP contribution in [0.25, 0.3) is 0 Å². The molecular formula is C19H21FN4O2. The second-order valence-electron chi connectivity index (χ2n) is 6.63. The van der Waals surface area contributed by atoms with Gasteiger partial charge in [-0.05, 0) is 23.8 Å². The SMILES string of the molecule is COc1cccc(CN2C[C@H]3CN(c4ccncc4F)CCN3C2=O)c1. The van der Waals surface area contributed by atoms with Gasteiger partial charge < -0.3 is 19.4 Å². The lowest BCUT2D eigenvalue weighted by Gasteiger charge is -2.37. The van der Waals surface area contributed by atoms with Crippen molar-refractivity contribution in [3.05, 3.63) is 54.1 Å². The van der Waals surface area contributed by atoms with E-state index in [0.717, 1.165) is 11.3 Å². The third kappa shape index (κ3) is 3.05. The topological polar surface area (TPSA) is 48.9 Å². The number of pyridine rings is 1. The van der Waals surface area contributed by atoms with E-state index in [9.17, 15) is 9.18 Å². The maximum Gasteiger partial charge on any atom is 0.320 e. The smallest absolute Gasteiger partial charge is 0.320 e. The van der Waals surface area contributed by atoms with Crippen LogP contribution in [0, 0.1) is 5.82 Å². The van der Waals surface area contributed by atoms with Crippen LogP contribution in [-0.4, -0.2) is 60.1 Å². The lowest BCUT2D eigenvalue weighted by atomic mass is 10.1. The summed E-state index contributed by atoms with van der Waals surface area (Å²) in [5, 5.41) is 0. The number of fused-ring (bicyclic) bond motifs is 1. The van der Waals surface area contributed by atoms with Crippen LogP contribution in [0.15, 0.2) is 42.7 Å². The Morgan fingerprint density at radius 2 is 2.15 bits per heavy atom. The van der Waals surface area contributed by atoms with E-state index < -0.39 is 0 Å². The number of carbonyl (C=O) groups excluding carboxylic acids is 1.